The number of rotatable bonds is 7. The summed E-state index contributed by atoms with van der Waals surface area (Å²) < 4.78 is 5.22. The van der Waals surface area contributed by atoms with E-state index in [2.05, 4.69) is 27.0 Å². The van der Waals surface area contributed by atoms with E-state index in [1.165, 1.54) is 0 Å². The average molecular weight is 368 g/mol. The molecular weight excluding hydrogens is 340 g/mol. The van der Waals surface area contributed by atoms with E-state index >= 15 is 0 Å². The maximum Gasteiger partial charge on any atom is 0.269 e. The van der Waals surface area contributed by atoms with Crippen LogP contribution in [-0.4, -0.2) is 62.2 Å². The van der Waals surface area contributed by atoms with Crippen LogP contribution in [0.5, 0.6) is 5.75 Å². The van der Waals surface area contributed by atoms with Gasteiger partial charge < -0.3 is 19.9 Å². The normalized spacial score (nSPS) is 14.8. The molecule has 27 heavy (non-hydrogen) atoms. The second kappa shape index (κ2) is 9.37. The van der Waals surface area contributed by atoms with E-state index in [9.17, 15) is 4.79 Å². The fourth-order valence-corrected chi connectivity index (χ4v) is 3.27. The number of likely N-dealkylation sites (N-methyl/N-ethyl adjacent to an activating group) is 1. The number of hydrogen-bond donors (Lipinski definition) is 1. The smallest absolute Gasteiger partial charge is 0.269 e. The van der Waals surface area contributed by atoms with Crippen molar-refractivity contribution in [3.05, 3.63) is 53.9 Å². The molecule has 3 rings (SSSR count). The number of carbonyl (C=O) groups is 1. The number of hydrogen-bond acceptors (Lipinski definition) is 5. The maximum atomic E-state index is 12.3. The fourth-order valence-electron chi connectivity index (χ4n) is 3.27. The minimum absolute atomic E-state index is 0.139. The predicted molar refractivity (Wildman–Crippen MR) is 108 cm³/mol. The molecule has 144 valence electrons. The summed E-state index contributed by atoms with van der Waals surface area (Å²) in [5, 5.41) is 2.93. The van der Waals surface area contributed by atoms with E-state index < -0.39 is 0 Å². The summed E-state index contributed by atoms with van der Waals surface area (Å²) in [6.45, 7) is 8.00. The lowest BCUT2D eigenvalue weighted by molar-refractivity contribution is 0.0949. The lowest BCUT2D eigenvalue weighted by atomic mass is 10.1. The summed E-state index contributed by atoms with van der Waals surface area (Å²) >= 11 is 0. The lowest BCUT2D eigenvalue weighted by Gasteiger charge is -2.35. The van der Waals surface area contributed by atoms with Gasteiger partial charge in [0.1, 0.15) is 11.4 Å². The summed E-state index contributed by atoms with van der Waals surface area (Å²) in [6.07, 6.45) is 2.56. The first-order chi connectivity index (χ1) is 13.2. The quantitative estimate of drug-likeness (QED) is 0.812. The lowest BCUT2D eigenvalue weighted by Crippen LogP contribution is -2.46. The Bertz CT molecular complexity index is 740. The van der Waals surface area contributed by atoms with Gasteiger partial charge in [-0.1, -0.05) is 19.1 Å². The van der Waals surface area contributed by atoms with Crippen molar-refractivity contribution in [1.82, 2.24) is 15.2 Å². The zero-order valence-corrected chi connectivity index (χ0v) is 16.1. The Balaban J connectivity index is 1.48. The minimum Gasteiger partial charge on any atom is -0.497 e. The molecule has 0 spiro atoms. The molecule has 0 saturated carbocycles. The Morgan fingerprint density at radius 3 is 2.67 bits per heavy atom. The van der Waals surface area contributed by atoms with Crippen molar-refractivity contribution in [2.75, 3.05) is 51.3 Å². The number of methoxy groups -OCH3 is 1. The van der Waals surface area contributed by atoms with Crippen molar-refractivity contribution in [3.8, 4) is 5.75 Å². The van der Waals surface area contributed by atoms with Gasteiger partial charge in [0.25, 0.3) is 5.91 Å². The third-order valence-corrected chi connectivity index (χ3v) is 5.00. The van der Waals surface area contributed by atoms with Crippen LogP contribution in [-0.2, 0) is 6.42 Å². The molecule has 1 aliphatic rings. The van der Waals surface area contributed by atoms with Crippen molar-refractivity contribution in [3.63, 3.8) is 0 Å². The number of amides is 1. The van der Waals surface area contributed by atoms with Gasteiger partial charge in [-0.2, -0.15) is 0 Å². The number of nitrogens with zero attached hydrogens (tertiary/aromatic N) is 3. The highest BCUT2D eigenvalue weighted by Crippen LogP contribution is 2.16. The van der Waals surface area contributed by atoms with E-state index in [1.54, 1.807) is 13.3 Å². The molecule has 6 nitrogen and oxygen atoms in total. The van der Waals surface area contributed by atoms with Gasteiger partial charge in [0.15, 0.2) is 0 Å². The minimum atomic E-state index is -0.139. The monoisotopic (exact) mass is 368 g/mol. The molecule has 0 aliphatic carbocycles. The summed E-state index contributed by atoms with van der Waals surface area (Å²) in [6, 6.07) is 11.7. The molecule has 1 saturated heterocycles. The molecule has 6 heteroatoms. The number of benzene rings is 1. The van der Waals surface area contributed by atoms with Gasteiger partial charge in [-0.15, -0.1) is 0 Å². The SMILES string of the molecule is CCN1CCN(c2ccc(C(=O)NCCc3cccc(OC)c3)nc2)CC1. The zero-order chi connectivity index (χ0) is 19.1. The van der Waals surface area contributed by atoms with Crippen LogP contribution in [0.4, 0.5) is 5.69 Å². The highest BCUT2D eigenvalue weighted by atomic mass is 16.5. The maximum absolute atomic E-state index is 12.3. The molecule has 1 aromatic carbocycles. The Hall–Kier alpha value is -2.60. The van der Waals surface area contributed by atoms with Crippen LogP contribution in [0.2, 0.25) is 0 Å². The first-order valence-electron chi connectivity index (χ1n) is 9.54. The van der Waals surface area contributed by atoms with E-state index in [-0.39, 0.29) is 5.91 Å². The van der Waals surface area contributed by atoms with E-state index in [0.717, 1.165) is 56.1 Å². The zero-order valence-electron chi connectivity index (χ0n) is 16.1. The summed E-state index contributed by atoms with van der Waals surface area (Å²) in [5.74, 6) is 0.691. The highest BCUT2D eigenvalue weighted by molar-refractivity contribution is 5.92. The van der Waals surface area contributed by atoms with Crippen LogP contribution < -0.4 is 15.0 Å². The molecule has 2 heterocycles. The van der Waals surface area contributed by atoms with Gasteiger partial charge in [0, 0.05) is 32.7 Å². The van der Waals surface area contributed by atoms with Crippen molar-refractivity contribution in [2.24, 2.45) is 0 Å². The van der Waals surface area contributed by atoms with Crippen molar-refractivity contribution in [2.45, 2.75) is 13.3 Å². The molecule has 0 radical (unpaired) electrons. The second-order valence-corrected chi connectivity index (χ2v) is 6.68. The average Bonchev–Trinajstić information content (AvgIpc) is 2.74. The number of anilines is 1. The molecule has 0 unspecified atom stereocenters. The van der Waals surface area contributed by atoms with Crippen molar-refractivity contribution < 1.29 is 9.53 Å². The Labute approximate surface area is 161 Å². The molecule has 1 amide bonds. The van der Waals surface area contributed by atoms with Crippen LogP contribution in [0.3, 0.4) is 0 Å². The largest absolute Gasteiger partial charge is 0.497 e. The molecule has 1 N–H and O–H groups in total. The first kappa shape index (κ1) is 19.2. The van der Waals surface area contributed by atoms with Gasteiger partial charge in [-0.3, -0.25) is 4.79 Å². The standard InChI is InChI=1S/C21H28N4O2/c1-3-24-11-13-25(14-12-24)18-7-8-20(23-16-18)21(26)22-10-9-17-5-4-6-19(15-17)27-2/h4-8,15-16H,3,9-14H2,1-2H3,(H,22,26). The molecule has 1 fully saturated rings. The topological polar surface area (TPSA) is 57.7 Å². The van der Waals surface area contributed by atoms with Gasteiger partial charge in [-0.05, 0) is 42.8 Å². The van der Waals surface area contributed by atoms with Crippen LogP contribution >= 0.6 is 0 Å². The summed E-state index contributed by atoms with van der Waals surface area (Å²) in [5.41, 5.74) is 2.67. The van der Waals surface area contributed by atoms with Crippen LogP contribution in [0.25, 0.3) is 0 Å². The molecule has 1 aliphatic heterocycles. The molecule has 2 aromatic rings. The number of aromatic nitrogens is 1. The summed E-state index contributed by atoms with van der Waals surface area (Å²) in [7, 11) is 1.65. The number of ether oxygens (including phenoxy) is 1. The molecule has 0 atom stereocenters. The summed E-state index contributed by atoms with van der Waals surface area (Å²) in [4.78, 5) is 21.4. The Morgan fingerprint density at radius 1 is 1.19 bits per heavy atom. The number of piperazine rings is 1. The Morgan fingerprint density at radius 2 is 2.00 bits per heavy atom. The second-order valence-electron chi connectivity index (χ2n) is 6.68. The van der Waals surface area contributed by atoms with E-state index in [1.807, 2.05) is 36.4 Å². The number of pyridine rings is 1. The van der Waals surface area contributed by atoms with Gasteiger partial charge in [0.2, 0.25) is 0 Å². The van der Waals surface area contributed by atoms with Crippen molar-refractivity contribution in [1.29, 1.82) is 0 Å². The van der Waals surface area contributed by atoms with E-state index in [0.29, 0.717) is 12.2 Å². The fraction of sp³-hybridized carbons (Fsp3) is 0.429. The van der Waals surface area contributed by atoms with E-state index in [4.69, 9.17) is 4.74 Å². The third kappa shape index (κ3) is 5.20. The van der Waals surface area contributed by atoms with Gasteiger partial charge in [-0.25, -0.2) is 4.98 Å². The van der Waals surface area contributed by atoms with Gasteiger partial charge >= 0.3 is 0 Å². The third-order valence-electron chi connectivity index (χ3n) is 5.00. The number of carbonyl (C=O) groups excluding carboxylic acids is 1. The van der Waals surface area contributed by atoms with Gasteiger partial charge in [0.05, 0.1) is 19.0 Å². The van der Waals surface area contributed by atoms with Crippen LogP contribution in [0, 0.1) is 0 Å². The van der Waals surface area contributed by atoms with Crippen LogP contribution in [0.15, 0.2) is 42.6 Å². The molecule has 1 aromatic heterocycles. The Kier molecular flexibility index (Phi) is 6.65. The predicted octanol–water partition coefficient (Wildman–Crippen LogP) is 2.20. The molecule has 0 bridgehead atoms. The molecular formula is C21H28N4O2. The van der Waals surface area contributed by atoms with Crippen molar-refractivity contribution >= 4 is 11.6 Å². The van der Waals surface area contributed by atoms with Crippen LogP contribution in [0.1, 0.15) is 23.0 Å². The highest BCUT2D eigenvalue weighted by Gasteiger charge is 2.16. The number of nitrogens with one attached hydrogen (secondary N) is 1. The first-order valence-corrected chi connectivity index (χ1v) is 9.54.